The second-order valence-corrected chi connectivity index (χ2v) is 14.7. The lowest BCUT2D eigenvalue weighted by atomic mass is 10.0. The maximum Gasteiger partial charge on any atom is 0.167 e. The molecule has 272 valence electrons. The average Bonchev–Trinajstić information content (AvgIpc) is 3.97. The number of benzene rings is 8. The number of hydrogen-bond acceptors (Lipinski definition) is 5. The molecule has 4 aromatic heterocycles. The zero-order valence-corrected chi connectivity index (χ0v) is 31.1. The van der Waals surface area contributed by atoms with Gasteiger partial charge in [0.1, 0.15) is 22.6 Å². The number of fused-ring (bicyclic) bond motifs is 9. The third kappa shape index (κ3) is 5.09. The monoisotopic (exact) mass is 744 g/mol. The van der Waals surface area contributed by atoms with E-state index >= 15 is 0 Å². The molecule has 0 saturated carbocycles. The molecule has 0 aliphatic heterocycles. The number of nitrogens with zero attached hydrogens (tertiary/aromatic N) is 4. The first-order valence-electron chi connectivity index (χ1n) is 19.5. The molecule has 6 nitrogen and oxygen atoms in total. The summed E-state index contributed by atoms with van der Waals surface area (Å²) < 4.78 is 15.8. The van der Waals surface area contributed by atoms with Crippen molar-refractivity contribution in [2.75, 3.05) is 0 Å². The van der Waals surface area contributed by atoms with Gasteiger partial charge in [0.05, 0.1) is 22.3 Å². The maximum atomic E-state index is 7.03. The Labute approximate surface area is 332 Å². The highest BCUT2D eigenvalue weighted by atomic mass is 16.3. The van der Waals surface area contributed by atoms with Crippen LogP contribution < -0.4 is 0 Å². The molecule has 0 N–H and O–H groups in total. The lowest BCUT2D eigenvalue weighted by molar-refractivity contribution is 0.667. The van der Waals surface area contributed by atoms with Gasteiger partial charge in [-0.1, -0.05) is 146 Å². The van der Waals surface area contributed by atoms with E-state index in [0.717, 1.165) is 99.2 Å². The van der Waals surface area contributed by atoms with E-state index in [-0.39, 0.29) is 0 Å². The molecule has 0 bridgehead atoms. The lowest BCUT2D eigenvalue weighted by Gasteiger charge is -2.09. The predicted octanol–water partition coefficient (Wildman–Crippen LogP) is 13.4. The van der Waals surface area contributed by atoms with Crippen LogP contribution in [0.4, 0.5) is 0 Å². The molecule has 4 heterocycles. The Morgan fingerprint density at radius 1 is 0.397 bits per heavy atom. The van der Waals surface area contributed by atoms with E-state index in [1.54, 1.807) is 0 Å². The highest BCUT2D eigenvalue weighted by Crippen LogP contribution is 2.42. The van der Waals surface area contributed by atoms with Crippen LogP contribution in [-0.2, 0) is 6.42 Å². The van der Waals surface area contributed by atoms with Crippen LogP contribution in [0.5, 0.6) is 0 Å². The van der Waals surface area contributed by atoms with Crippen LogP contribution in [0.25, 0.3) is 105 Å². The SMILES string of the molecule is c1ccc(Cc2nc(-c3ccccc3)nc(-c3cccc4c3oc3c(-n5c6ccccc6c6cc(-c7cccc8c7oc7ccccc78)ccc65)cccc34)n2)cc1. The van der Waals surface area contributed by atoms with Crippen molar-refractivity contribution < 1.29 is 8.83 Å². The van der Waals surface area contributed by atoms with E-state index in [9.17, 15) is 0 Å². The van der Waals surface area contributed by atoms with Crippen molar-refractivity contribution >= 4 is 65.7 Å². The lowest BCUT2D eigenvalue weighted by Crippen LogP contribution is -2.04. The fraction of sp³-hybridized carbons (Fsp3) is 0.0192. The number of para-hydroxylation sites is 5. The van der Waals surface area contributed by atoms with Crippen molar-refractivity contribution in [3.05, 3.63) is 193 Å². The first-order chi connectivity index (χ1) is 28.7. The number of furan rings is 2. The Morgan fingerprint density at radius 2 is 1.02 bits per heavy atom. The Hall–Kier alpha value is -7.83. The normalized spacial score (nSPS) is 11.9. The highest BCUT2D eigenvalue weighted by molar-refractivity contribution is 6.16. The average molecular weight is 745 g/mol. The second kappa shape index (κ2) is 12.9. The van der Waals surface area contributed by atoms with Gasteiger partial charge in [0, 0.05) is 49.9 Å². The van der Waals surface area contributed by atoms with E-state index in [1.165, 1.54) is 0 Å². The predicted molar refractivity (Wildman–Crippen MR) is 234 cm³/mol. The van der Waals surface area contributed by atoms with Gasteiger partial charge < -0.3 is 13.4 Å². The van der Waals surface area contributed by atoms with Crippen molar-refractivity contribution in [3.63, 3.8) is 0 Å². The van der Waals surface area contributed by atoms with Gasteiger partial charge in [-0.2, -0.15) is 0 Å². The summed E-state index contributed by atoms with van der Waals surface area (Å²) in [4.78, 5) is 15.1. The third-order valence-electron chi connectivity index (χ3n) is 11.3. The van der Waals surface area contributed by atoms with Gasteiger partial charge in [0.25, 0.3) is 0 Å². The zero-order valence-electron chi connectivity index (χ0n) is 31.1. The largest absolute Gasteiger partial charge is 0.455 e. The quantitative estimate of drug-likeness (QED) is 0.170. The van der Waals surface area contributed by atoms with Crippen molar-refractivity contribution in [1.82, 2.24) is 19.5 Å². The smallest absolute Gasteiger partial charge is 0.167 e. The van der Waals surface area contributed by atoms with Gasteiger partial charge in [0.2, 0.25) is 0 Å². The number of aromatic nitrogens is 4. The van der Waals surface area contributed by atoms with E-state index < -0.39 is 0 Å². The number of hydrogen-bond donors (Lipinski definition) is 0. The summed E-state index contributed by atoms with van der Waals surface area (Å²) in [5, 5.41) is 6.58. The molecule has 12 aromatic rings. The van der Waals surface area contributed by atoms with Crippen LogP contribution in [-0.4, -0.2) is 19.5 Å². The molecule has 6 heteroatoms. The summed E-state index contributed by atoms with van der Waals surface area (Å²) in [6.45, 7) is 0. The standard InChI is InChI=1S/C52H32N4O2/c1-3-14-32(15-4-1)30-47-53-51(33-16-5-2-6-17-33)55-52(54-47)41-24-12-22-39-40-23-13-26-45(50(40)58-49(39)41)56-43-25-9-7-18-36(43)42-31-34(28-29-44(42)56)35-20-11-21-38-37-19-8-10-27-46(37)57-48(35)38/h1-29,31H,30H2. The fourth-order valence-electron chi connectivity index (χ4n) is 8.65. The summed E-state index contributed by atoms with van der Waals surface area (Å²) in [5.41, 5.74) is 11.5. The second-order valence-electron chi connectivity index (χ2n) is 14.7. The van der Waals surface area contributed by atoms with Crippen LogP contribution in [0.3, 0.4) is 0 Å². The topological polar surface area (TPSA) is 69.9 Å². The van der Waals surface area contributed by atoms with Gasteiger partial charge in [-0.05, 0) is 47.5 Å². The molecule has 0 saturated heterocycles. The van der Waals surface area contributed by atoms with Crippen LogP contribution in [0.1, 0.15) is 11.4 Å². The molecule has 0 amide bonds. The van der Waals surface area contributed by atoms with Crippen molar-refractivity contribution in [2.24, 2.45) is 0 Å². The van der Waals surface area contributed by atoms with Crippen LogP contribution >= 0.6 is 0 Å². The Bertz CT molecular complexity index is 3540. The molecule has 8 aromatic carbocycles. The maximum absolute atomic E-state index is 7.03. The summed E-state index contributed by atoms with van der Waals surface area (Å²) in [6, 6.07) is 63.0. The van der Waals surface area contributed by atoms with E-state index in [1.807, 2.05) is 66.7 Å². The summed E-state index contributed by atoms with van der Waals surface area (Å²) in [5.74, 6) is 1.91. The van der Waals surface area contributed by atoms with Crippen LogP contribution in [0, 0.1) is 0 Å². The first-order valence-corrected chi connectivity index (χ1v) is 19.5. The Morgan fingerprint density at radius 3 is 1.86 bits per heavy atom. The molecule has 0 unspecified atom stereocenters. The third-order valence-corrected chi connectivity index (χ3v) is 11.3. The van der Waals surface area contributed by atoms with E-state index in [0.29, 0.717) is 23.9 Å². The molecule has 0 atom stereocenters. The van der Waals surface area contributed by atoms with Crippen molar-refractivity contribution in [3.8, 4) is 39.6 Å². The molecular weight excluding hydrogens is 713 g/mol. The summed E-state index contributed by atoms with van der Waals surface area (Å²) >= 11 is 0. The molecule has 0 spiro atoms. The van der Waals surface area contributed by atoms with Gasteiger partial charge in [-0.15, -0.1) is 0 Å². The Balaban J connectivity index is 1.04. The molecule has 58 heavy (non-hydrogen) atoms. The fourth-order valence-corrected chi connectivity index (χ4v) is 8.65. The van der Waals surface area contributed by atoms with Gasteiger partial charge >= 0.3 is 0 Å². The molecule has 0 aliphatic rings. The molecular formula is C52H32N4O2. The van der Waals surface area contributed by atoms with Crippen molar-refractivity contribution in [1.29, 1.82) is 0 Å². The van der Waals surface area contributed by atoms with Crippen LogP contribution in [0.2, 0.25) is 0 Å². The zero-order chi connectivity index (χ0) is 38.2. The van der Waals surface area contributed by atoms with Crippen LogP contribution in [0.15, 0.2) is 191 Å². The minimum atomic E-state index is 0.579. The summed E-state index contributed by atoms with van der Waals surface area (Å²) in [6.07, 6.45) is 0.583. The number of rotatable bonds is 6. The Kier molecular flexibility index (Phi) is 7.19. The van der Waals surface area contributed by atoms with Gasteiger partial charge in [-0.3, -0.25) is 0 Å². The minimum Gasteiger partial charge on any atom is -0.455 e. The van der Waals surface area contributed by atoms with Gasteiger partial charge in [-0.25, -0.2) is 15.0 Å². The molecule has 0 aliphatic carbocycles. The molecule has 12 rings (SSSR count). The first kappa shape index (κ1) is 32.4. The minimum absolute atomic E-state index is 0.579. The highest BCUT2D eigenvalue weighted by Gasteiger charge is 2.22. The molecule has 0 fully saturated rings. The van der Waals surface area contributed by atoms with Crippen molar-refractivity contribution in [2.45, 2.75) is 6.42 Å². The summed E-state index contributed by atoms with van der Waals surface area (Å²) in [7, 11) is 0. The van der Waals surface area contributed by atoms with E-state index in [4.69, 9.17) is 23.8 Å². The molecule has 0 radical (unpaired) electrons. The van der Waals surface area contributed by atoms with Gasteiger partial charge in [0.15, 0.2) is 17.2 Å². The van der Waals surface area contributed by atoms with E-state index in [2.05, 4.69) is 120 Å².